The monoisotopic (exact) mass is 296 g/mol. The average molecular weight is 296 g/mol. The van der Waals surface area contributed by atoms with Crippen LogP contribution in [0, 0.1) is 19.8 Å². The summed E-state index contributed by atoms with van der Waals surface area (Å²) in [6.07, 6.45) is 4.72. The Hall–Kier alpha value is -0.970. The van der Waals surface area contributed by atoms with Crippen LogP contribution in [0.2, 0.25) is 0 Å². The molecule has 5 heteroatoms. The number of carbonyl (C=O) groups is 1. The first-order chi connectivity index (χ1) is 9.47. The van der Waals surface area contributed by atoms with Gasteiger partial charge in [-0.2, -0.15) is 0 Å². The summed E-state index contributed by atoms with van der Waals surface area (Å²) in [5.74, 6) is 2.21. The summed E-state index contributed by atoms with van der Waals surface area (Å²) in [6.45, 7) is 6.10. The number of hydrogen-bond acceptors (Lipinski definition) is 4. The first-order valence-electron chi connectivity index (χ1n) is 7.30. The SMILES string of the molecule is Cc1nc(SCC(=O)N(C)C2CCC(C)CC2)oc1C. The lowest BCUT2D eigenvalue weighted by atomic mass is 9.87. The second-order valence-corrected chi connectivity index (χ2v) is 6.75. The molecule has 0 atom stereocenters. The highest BCUT2D eigenvalue weighted by molar-refractivity contribution is 7.99. The number of oxazole rings is 1. The van der Waals surface area contributed by atoms with E-state index in [0.29, 0.717) is 17.0 Å². The highest BCUT2D eigenvalue weighted by Gasteiger charge is 2.25. The molecule has 1 aromatic rings. The molecule has 1 amide bonds. The molecule has 112 valence electrons. The van der Waals surface area contributed by atoms with Crippen molar-refractivity contribution in [1.29, 1.82) is 0 Å². The highest BCUT2D eigenvalue weighted by atomic mass is 32.2. The lowest BCUT2D eigenvalue weighted by Crippen LogP contribution is -2.40. The van der Waals surface area contributed by atoms with Crippen molar-refractivity contribution >= 4 is 17.7 Å². The number of thioether (sulfide) groups is 1. The zero-order valence-corrected chi connectivity index (χ0v) is 13.6. The molecule has 0 aromatic carbocycles. The summed E-state index contributed by atoms with van der Waals surface area (Å²) in [7, 11) is 1.93. The summed E-state index contributed by atoms with van der Waals surface area (Å²) in [5, 5.41) is 0.596. The van der Waals surface area contributed by atoms with Crippen molar-refractivity contribution in [2.75, 3.05) is 12.8 Å². The van der Waals surface area contributed by atoms with E-state index in [9.17, 15) is 4.79 Å². The largest absolute Gasteiger partial charge is 0.437 e. The molecule has 0 saturated heterocycles. The summed E-state index contributed by atoms with van der Waals surface area (Å²) < 4.78 is 5.49. The van der Waals surface area contributed by atoms with Gasteiger partial charge in [0.2, 0.25) is 5.91 Å². The number of carbonyl (C=O) groups excluding carboxylic acids is 1. The number of amides is 1. The Balaban J connectivity index is 1.82. The van der Waals surface area contributed by atoms with Gasteiger partial charge < -0.3 is 9.32 Å². The third-order valence-electron chi connectivity index (χ3n) is 4.25. The van der Waals surface area contributed by atoms with Gasteiger partial charge >= 0.3 is 0 Å². The van der Waals surface area contributed by atoms with Crippen LogP contribution in [0.25, 0.3) is 0 Å². The third-order valence-corrected chi connectivity index (χ3v) is 5.07. The van der Waals surface area contributed by atoms with Crippen LogP contribution < -0.4 is 0 Å². The van der Waals surface area contributed by atoms with E-state index in [0.717, 1.165) is 30.2 Å². The van der Waals surface area contributed by atoms with E-state index in [1.165, 1.54) is 24.6 Å². The topological polar surface area (TPSA) is 46.3 Å². The zero-order valence-electron chi connectivity index (χ0n) is 12.8. The standard InChI is InChI=1S/C15H24N2O2S/c1-10-5-7-13(8-6-10)17(4)14(18)9-20-15-16-11(2)12(3)19-15/h10,13H,5-9H2,1-4H3. The molecule has 0 radical (unpaired) electrons. The van der Waals surface area contributed by atoms with E-state index in [-0.39, 0.29) is 5.91 Å². The van der Waals surface area contributed by atoms with Crippen LogP contribution in [0.3, 0.4) is 0 Å². The van der Waals surface area contributed by atoms with Gasteiger partial charge in [-0.25, -0.2) is 4.98 Å². The van der Waals surface area contributed by atoms with Gasteiger partial charge in [-0.1, -0.05) is 18.7 Å². The van der Waals surface area contributed by atoms with E-state index in [1.54, 1.807) is 0 Å². The Bertz CT molecular complexity index is 445. The Morgan fingerprint density at radius 2 is 2.00 bits per heavy atom. The summed E-state index contributed by atoms with van der Waals surface area (Å²) >= 11 is 1.39. The van der Waals surface area contributed by atoms with Gasteiger partial charge in [0.1, 0.15) is 5.76 Å². The molecule has 0 N–H and O–H groups in total. The Labute approximate surface area is 125 Å². The van der Waals surface area contributed by atoms with E-state index >= 15 is 0 Å². The van der Waals surface area contributed by atoms with Crippen molar-refractivity contribution in [2.45, 2.75) is 57.7 Å². The minimum atomic E-state index is 0.169. The van der Waals surface area contributed by atoms with Gasteiger partial charge in [-0.05, 0) is 45.4 Å². The minimum absolute atomic E-state index is 0.169. The second-order valence-electron chi connectivity index (χ2n) is 5.83. The lowest BCUT2D eigenvalue weighted by molar-refractivity contribution is -0.129. The van der Waals surface area contributed by atoms with E-state index in [2.05, 4.69) is 11.9 Å². The lowest BCUT2D eigenvalue weighted by Gasteiger charge is -2.33. The number of aromatic nitrogens is 1. The van der Waals surface area contributed by atoms with Crippen LogP contribution in [-0.4, -0.2) is 34.6 Å². The summed E-state index contributed by atoms with van der Waals surface area (Å²) in [5.41, 5.74) is 0.898. The molecule has 1 aromatic heterocycles. The van der Waals surface area contributed by atoms with Crippen molar-refractivity contribution in [2.24, 2.45) is 5.92 Å². The predicted molar refractivity (Wildman–Crippen MR) is 80.9 cm³/mol. The van der Waals surface area contributed by atoms with Crippen LogP contribution >= 0.6 is 11.8 Å². The summed E-state index contributed by atoms with van der Waals surface area (Å²) in [6, 6.07) is 0.410. The molecule has 1 heterocycles. The van der Waals surface area contributed by atoms with Crippen molar-refractivity contribution in [3.8, 4) is 0 Å². The molecule has 0 unspecified atom stereocenters. The molecule has 1 aliphatic carbocycles. The molecule has 0 aliphatic heterocycles. The van der Waals surface area contributed by atoms with Crippen molar-refractivity contribution in [3.63, 3.8) is 0 Å². The molecule has 0 bridgehead atoms. The number of aryl methyl sites for hydroxylation is 2. The van der Waals surface area contributed by atoms with E-state index in [4.69, 9.17) is 4.42 Å². The number of hydrogen-bond donors (Lipinski definition) is 0. The Morgan fingerprint density at radius 1 is 1.35 bits per heavy atom. The fourth-order valence-electron chi connectivity index (χ4n) is 2.56. The summed E-state index contributed by atoms with van der Waals surface area (Å²) in [4.78, 5) is 18.4. The van der Waals surface area contributed by atoms with E-state index in [1.807, 2.05) is 25.8 Å². The van der Waals surface area contributed by atoms with Crippen molar-refractivity contribution in [1.82, 2.24) is 9.88 Å². The van der Waals surface area contributed by atoms with E-state index < -0.39 is 0 Å². The van der Waals surface area contributed by atoms with Crippen molar-refractivity contribution in [3.05, 3.63) is 11.5 Å². The van der Waals surface area contributed by atoms with Gasteiger partial charge in [-0.15, -0.1) is 0 Å². The fourth-order valence-corrected chi connectivity index (χ4v) is 3.40. The number of rotatable bonds is 4. The predicted octanol–water partition coefficient (Wildman–Crippen LogP) is 3.42. The van der Waals surface area contributed by atoms with Crippen LogP contribution in [0.15, 0.2) is 9.64 Å². The highest BCUT2D eigenvalue weighted by Crippen LogP contribution is 2.27. The molecule has 1 fully saturated rings. The normalized spacial score (nSPS) is 22.8. The average Bonchev–Trinajstić information content (AvgIpc) is 2.75. The van der Waals surface area contributed by atoms with Crippen LogP contribution in [-0.2, 0) is 4.79 Å². The van der Waals surface area contributed by atoms with Crippen LogP contribution in [0.1, 0.15) is 44.1 Å². The van der Waals surface area contributed by atoms with Gasteiger partial charge in [-0.3, -0.25) is 4.79 Å². The molecule has 0 spiro atoms. The molecule has 4 nitrogen and oxygen atoms in total. The fraction of sp³-hybridized carbons (Fsp3) is 0.733. The molecule has 2 rings (SSSR count). The maximum absolute atomic E-state index is 12.2. The van der Waals surface area contributed by atoms with Gasteiger partial charge in [0, 0.05) is 13.1 Å². The molecule has 1 aliphatic rings. The quantitative estimate of drug-likeness (QED) is 0.799. The Kier molecular flexibility index (Phi) is 5.13. The second kappa shape index (κ2) is 6.66. The molecular formula is C15H24N2O2S. The maximum atomic E-state index is 12.2. The first kappa shape index (κ1) is 15.4. The smallest absolute Gasteiger partial charge is 0.256 e. The molecule has 20 heavy (non-hydrogen) atoms. The van der Waals surface area contributed by atoms with Gasteiger partial charge in [0.05, 0.1) is 11.4 Å². The minimum Gasteiger partial charge on any atom is -0.437 e. The van der Waals surface area contributed by atoms with Crippen LogP contribution in [0.4, 0.5) is 0 Å². The van der Waals surface area contributed by atoms with Crippen molar-refractivity contribution < 1.29 is 9.21 Å². The van der Waals surface area contributed by atoms with Gasteiger partial charge in [0.15, 0.2) is 0 Å². The maximum Gasteiger partial charge on any atom is 0.256 e. The van der Waals surface area contributed by atoms with Crippen LogP contribution in [0.5, 0.6) is 0 Å². The Morgan fingerprint density at radius 3 is 2.55 bits per heavy atom. The first-order valence-corrected chi connectivity index (χ1v) is 8.28. The molecular weight excluding hydrogens is 272 g/mol. The third kappa shape index (κ3) is 3.78. The zero-order chi connectivity index (χ0) is 14.7. The molecule has 1 saturated carbocycles. The van der Waals surface area contributed by atoms with Gasteiger partial charge in [0.25, 0.3) is 5.22 Å². The number of nitrogens with zero attached hydrogens (tertiary/aromatic N) is 2.